The standard InChI is InChI=1S/C26H22N4O6/c1-35-26(32)19-8-6-7-18(13-19)15-29-16-20(21-9-2-3-10-22(21)29)14-27-28-25(31)17-36-24-12-5-4-11-23(24)30(33)34/h2-14,16H,15,17H2,1H3,(H,28,31). The Hall–Kier alpha value is -4.99. The fourth-order valence-corrected chi connectivity index (χ4v) is 3.70. The molecule has 0 aliphatic carbocycles. The maximum Gasteiger partial charge on any atom is 0.337 e. The number of fused-ring (bicyclic) bond motifs is 1. The highest BCUT2D eigenvalue weighted by Gasteiger charge is 2.15. The summed E-state index contributed by atoms with van der Waals surface area (Å²) in [5, 5.41) is 16.0. The molecule has 0 aliphatic heterocycles. The lowest BCUT2D eigenvalue weighted by Crippen LogP contribution is -2.24. The number of carbonyl (C=O) groups excluding carboxylic acids is 2. The summed E-state index contributed by atoms with van der Waals surface area (Å²) in [6.07, 6.45) is 3.42. The first-order chi connectivity index (χ1) is 17.5. The molecule has 0 bridgehead atoms. The molecule has 10 nitrogen and oxygen atoms in total. The van der Waals surface area contributed by atoms with Gasteiger partial charge in [0, 0.05) is 35.3 Å². The van der Waals surface area contributed by atoms with Gasteiger partial charge < -0.3 is 14.0 Å². The number of nitrogens with one attached hydrogen (secondary N) is 1. The van der Waals surface area contributed by atoms with Crippen molar-refractivity contribution in [2.45, 2.75) is 6.54 Å². The van der Waals surface area contributed by atoms with Crippen molar-refractivity contribution in [3.05, 3.63) is 106 Å². The van der Waals surface area contributed by atoms with Gasteiger partial charge in [-0.2, -0.15) is 5.10 Å². The van der Waals surface area contributed by atoms with Crippen LogP contribution in [0.2, 0.25) is 0 Å². The minimum atomic E-state index is -0.577. The van der Waals surface area contributed by atoms with E-state index in [1.165, 1.54) is 31.5 Å². The van der Waals surface area contributed by atoms with Crippen LogP contribution in [0.15, 0.2) is 84.1 Å². The van der Waals surface area contributed by atoms with Crippen molar-refractivity contribution < 1.29 is 24.0 Å². The van der Waals surface area contributed by atoms with Crippen LogP contribution in [0.25, 0.3) is 10.9 Å². The van der Waals surface area contributed by atoms with Crippen molar-refractivity contribution in [2.75, 3.05) is 13.7 Å². The van der Waals surface area contributed by atoms with Crippen LogP contribution in [0, 0.1) is 10.1 Å². The third-order valence-electron chi connectivity index (χ3n) is 5.33. The first-order valence-corrected chi connectivity index (χ1v) is 10.9. The van der Waals surface area contributed by atoms with E-state index in [9.17, 15) is 19.7 Å². The average Bonchev–Trinajstić information content (AvgIpc) is 3.24. The molecule has 0 saturated carbocycles. The number of rotatable bonds is 9. The van der Waals surface area contributed by atoms with Gasteiger partial charge in [0.2, 0.25) is 0 Å². The number of methoxy groups -OCH3 is 1. The predicted octanol–water partition coefficient (Wildman–Crippen LogP) is 3.91. The number of nitrogens with zero attached hydrogens (tertiary/aromatic N) is 3. The third kappa shape index (κ3) is 5.55. The Labute approximate surface area is 205 Å². The molecule has 36 heavy (non-hydrogen) atoms. The van der Waals surface area contributed by atoms with E-state index in [4.69, 9.17) is 9.47 Å². The van der Waals surface area contributed by atoms with Gasteiger partial charge in [0.15, 0.2) is 12.4 Å². The SMILES string of the molecule is COC(=O)c1cccc(Cn2cc(C=NNC(=O)COc3ccccc3[N+](=O)[O-])c3ccccc32)c1. The Morgan fingerprint density at radius 3 is 2.67 bits per heavy atom. The van der Waals surface area contributed by atoms with Crippen LogP contribution in [-0.4, -0.2) is 41.3 Å². The average molecular weight is 486 g/mol. The van der Waals surface area contributed by atoms with Gasteiger partial charge in [0.25, 0.3) is 5.91 Å². The number of nitro groups is 1. The number of benzene rings is 3. The van der Waals surface area contributed by atoms with Gasteiger partial charge in [-0.25, -0.2) is 10.2 Å². The molecule has 0 aliphatic rings. The fraction of sp³-hybridized carbons (Fsp3) is 0.115. The number of nitro benzene ring substituents is 1. The van der Waals surface area contributed by atoms with Crippen LogP contribution in [0.1, 0.15) is 21.5 Å². The maximum absolute atomic E-state index is 12.1. The van der Waals surface area contributed by atoms with Gasteiger partial charge in [-0.15, -0.1) is 0 Å². The molecular weight excluding hydrogens is 464 g/mol. The second-order valence-corrected chi connectivity index (χ2v) is 7.73. The number of hydrogen-bond donors (Lipinski definition) is 1. The van der Waals surface area contributed by atoms with Crippen molar-refractivity contribution >= 4 is 34.7 Å². The Morgan fingerprint density at radius 1 is 1.08 bits per heavy atom. The first-order valence-electron chi connectivity index (χ1n) is 10.9. The Bertz CT molecular complexity index is 1460. The lowest BCUT2D eigenvalue weighted by atomic mass is 10.1. The van der Waals surface area contributed by atoms with Crippen molar-refractivity contribution in [3.8, 4) is 5.75 Å². The van der Waals surface area contributed by atoms with Crippen LogP contribution in [0.5, 0.6) is 5.75 Å². The van der Waals surface area contributed by atoms with Gasteiger partial charge in [-0.1, -0.05) is 42.5 Å². The number of esters is 1. The molecule has 0 spiro atoms. The van der Waals surface area contributed by atoms with Gasteiger partial charge >= 0.3 is 11.7 Å². The number of hydrazone groups is 1. The minimum absolute atomic E-state index is 0.000897. The van der Waals surface area contributed by atoms with Crippen molar-refractivity contribution in [3.63, 3.8) is 0 Å². The number of aromatic nitrogens is 1. The molecule has 1 heterocycles. The maximum atomic E-state index is 12.1. The molecular formula is C26H22N4O6. The lowest BCUT2D eigenvalue weighted by Gasteiger charge is -2.07. The summed E-state index contributed by atoms with van der Waals surface area (Å²) in [4.78, 5) is 34.5. The van der Waals surface area contributed by atoms with E-state index in [1.54, 1.807) is 24.3 Å². The van der Waals surface area contributed by atoms with Gasteiger partial charge in [-0.3, -0.25) is 14.9 Å². The molecule has 0 fully saturated rings. The van der Waals surface area contributed by atoms with Gasteiger partial charge in [-0.05, 0) is 29.8 Å². The van der Waals surface area contributed by atoms with Crippen LogP contribution in [0.4, 0.5) is 5.69 Å². The number of amides is 1. The molecule has 182 valence electrons. The Balaban J connectivity index is 1.45. The summed E-state index contributed by atoms with van der Waals surface area (Å²) in [7, 11) is 1.34. The molecule has 1 amide bonds. The molecule has 10 heteroatoms. The quantitative estimate of drug-likeness (QED) is 0.165. The third-order valence-corrected chi connectivity index (χ3v) is 5.33. The second-order valence-electron chi connectivity index (χ2n) is 7.73. The summed E-state index contributed by atoms with van der Waals surface area (Å²) in [6, 6.07) is 20.8. The topological polar surface area (TPSA) is 125 Å². The largest absolute Gasteiger partial charge is 0.477 e. The Morgan fingerprint density at radius 2 is 1.86 bits per heavy atom. The number of hydrogen-bond acceptors (Lipinski definition) is 7. The normalized spacial score (nSPS) is 10.9. The van der Waals surface area contributed by atoms with E-state index >= 15 is 0 Å². The molecule has 0 atom stereocenters. The zero-order valence-electron chi connectivity index (χ0n) is 19.3. The van der Waals surface area contributed by atoms with Crippen molar-refractivity contribution in [1.29, 1.82) is 0 Å². The monoisotopic (exact) mass is 486 g/mol. The van der Waals surface area contributed by atoms with Crippen molar-refractivity contribution in [2.24, 2.45) is 5.10 Å². The smallest absolute Gasteiger partial charge is 0.337 e. The van der Waals surface area contributed by atoms with Crippen LogP contribution >= 0.6 is 0 Å². The molecule has 0 saturated heterocycles. The number of carbonyl (C=O) groups is 2. The highest BCUT2D eigenvalue weighted by atomic mass is 16.6. The Kier molecular flexibility index (Phi) is 7.35. The van der Waals surface area contributed by atoms with E-state index < -0.39 is 23.4 Å². The molecule has 1 aromatic heterocycles. The van der Waals surface area contributed by atoms with Gasteiger partial charge in [0.1, 0.15) is 0 Å². The molecule has 0 unspecified atom stereocenters. The number of para-hydroxylation sites is 3. The molecule has 0 radical (unpaired) electrons. The number of ether oxygens (including phenoxy) is 2. The highest BCUT2D eigenvalue weighted by molar-refractivity contribution is 5.99. The fourth-order valence-electron chi connectivity index (χ4n) is 3.70. The molecule has 4 aromatic rings. The summed E-state index contributed by atoms with van der Waals surface area (Å²) < 4.78 is 12.1. The summed E-state index contributed by atoms with van der Waals surface area (Å²) in [5.41, 5.74) is 5.27. The van der Waals surface area contributed by atoms with Crippen LogP contribution in [0.3, 0.4) is 0 Å². The van der Waals surface area contributed by atoms with Gasteiger partial charge in [0.05, 0.1) is 23.8 Å². The van der Waals surface area contributed by atoms with Crippen molar-refractivity contribution in [1.82, 2.24) is 9.99 Å². The predicted molar refractivity (Wildman–Crippen MR) is 133 cm³/mol. The highest BCUT2D eigenvalue weighted by Crippen LogP contribution is 2.25. The summed E-state index contributed by atoms with van der Waals surface area (Å²) in [5.74, 6) is -0.961. The van der Waals surface area contributed by atoms with E-state index in [0.717, 1.165) is 22.0 Å². The van der Waals surface area contributed by atoms with Crippen LogP contribution in [-0.2, 0) is 16.1 Å². The first kappa shape index (κ1) is 24.1. The molecule has 4 rings (SSSR count). The van der Waals surface area contributed by atoms with E-state index in [2.05, 4.69) is 10.5 Å². The summed E-state index contributed by atoms with van der Waals surface area (Å²) >= 11 is 0. The van der Waals surface area contributed by atoms with E-state index in [-0.39, 0.29) is 11.4 Å². The second kappa shape index (κ2) is 11.0. The minimum Gasteiger partial charge on any atom is -0.477 e. The zero-order valence-corrected chi connectivity index (χ0v) is 19.3. The molecule has 1 N–H and O–H groups in total. The lowest BCUT2D eigenvalue weighted by molar-refractivity contribution is -0.385. The van der Waals surface area contributed by atoms with E-state index in [1.807, 2.05) is 41.1 Å². The molecule has 3 aromatic carbocycles. The van der Waals surface area contributed by atoms with E-state index in [0.29, 0.717) is 12.1 Å². The zero-order chi connectivity index (χ0) is 25.5. The van der Waals surface area contributed by atoms with Crippen LogP contribution < -0.4 is 10.2 Å². The summed E-state index contributed by atoms with van der Waals surface area (Å²) in [6.45, 7) is 0.0791.